The van der Waals surface area contributed by atoms with E-state index < -0.39 is 0 Å². The van der Waals surface area contributed by atoms with Crippen molar-refractivity contribution in [3.05, 3.63) is 36.4 Å². The Balaban J connectivity index is 1.99. The molecule has 1 fully saturated rings. The molecule has 82 valence electrons. The summed E-state index contributed by atoms with van der Waals surface area (Å²) in [7, 11) is 0. The molecule has 1 N–H and O–H groups in total. The molecule has 0 aliphatic carbocycles. The van der Waals surface area contributed by atoms with E-state index in [1.807, 2.05) is 4.57 Å². The van der Waals surface area contributed by atoms with Gasteiger partial charge in [-0.05, 0) is 24.3 Å². The average Bonchev–Trinajstić information content (AvgIpc) is 2.65. The summed E-state index contributed by atoms with van der Waals surface area (Å²) in [5.74, 6) is 0.562. The number of nitrogens with one attached hydrogen (secondary N) is 1. The SMILES string of the molecule is Fc1ccc(-c2nncn2C2CNC2)cc1. The Kier molecular flexibility index (Phi) is 2.18. The van der Waals surface area contributed by atoms with Crippen molar-refractivity contribution in [2.45, 2.75) is 6.04 Å². The van der Waals surface area contributed by atoms with Gasteiger partial charge in [0.2, 0.25) is 0 Å². The molecule has 1 saturated heterocycles. The summed E-state index contributed by atoms with van der Waals surface area (Å²) in [6, 6.07) is 6.74. The highest BCUT2D eigenvalue weighted by Crippen LogP contribution is 2.22. The van der Waals surface area contributed by atoms with E-state index in [0.29, 0.717) is 6.04 Å². The van der Waals surface area contributed by atoms with E-state index in [0.717, 1.165) is 24.5 Å². The van der Waals surface area contributed by atoms with Crippen LogP contribution in [0.3, 0.4) is 0 Å². The number of benzene rings is 1. The fourth-order valence-corrected chi connectivity index (χ4v) is 1.79. The Bertz CT molecular complexity index is 487. The van der Waals surface area contributed by atoms with Gasteiger partial charge < -0.3 is 9.88 Å². The van der Waals surface area contributed by atoms with E-state index in [4.69, 9.17) is 0 Å². The van der Waals surface area contributed by atoms with Crippen LogP contribution in [0.4, 0.5) is 4.39 Å². The van der Waals surface area contributed by atoms with Gasteiger partial charge in [-0.3, -0.25) is 0 Å². The van der Waals surface area contributed by atoms with E-state index >= 15 is 0 Å². The summed E-state index contributed by atoms with van der Waals surface area (Å²) in [6.07, 6.45) is 1.73. The first-order valence-electron chi connectivity index (χ1n) is 5.21. The van der Waals surface area contributed by atoms with Crippen molar-refractivity contribution < 1.29 is 4.39 Å². The zero-order chi connectivity index (χ0) is 11.0. The fraction of sp³-hybridized carbons (Fsp3) is 0.273. The summed E-state index contributed by atoms with van der Waals surface area (Å²) in [4.78, 5) is 0. The van der Waals surface area contributed by atoms with Crippen LogP contribution in [0.15, 0.2) is 30.6 Å². The first-order valence-corrected chi connectivity index (χ1v) is 5.21. The maximum absolute atomic E-state index is 12.8. The summed E-state index contributed by atoms with van der Waals surface area (Å²) in [5.41, 5.74) is 0.894. The lowest BCUT2D eigenvalue weighted by Crippen LogP contribution is -2.43. The van der Waals surface area contributed by atoms with Gasteiger partial charge in [-0.25, -0.2) is 4.39 Å². The number of aromatic nitrogens is 3. The number of rotatable bonds is 2. The monoisotopic (exact) mass is 218 g/mol. The number of hydrogen-bond acceptors (Lipinski definition) is 3. The highest BCUT2D eigenvalue weighted by Gasteiger charge is 2.22. The van der Waals surface area contributed by atoms with Crippen LogP contribution < -0.4 is 5.32 Å². The van der Waals surface area contributed by atoms with Crippen LogP contribution in [0, 0.1) is 5.82 Å². The number of hydrogen-bond donors (Lipinski definition) is 1. The summed E-state index contributed by atoms with van der Waals surface area (Å²) >= 11 is 0. The lowest BCUT2D eigenvalue weighted by atomic mass is 10.1. The van der Waals surface area contributed by atoms with Gasteiger partial charge in [-0.1, -0.05) is 0 Å². The van der Waals surface area contributed by atoms with Crippen LogP contribution >= 0.6 is 0 Å². The normalized spacial score (nSPS) is 16.1. The molecule has 1 aliphatic heterocycles. The fourth-order valence-electron chi connectivity index (χ4n) is 1.79. The Hall–Kier alpha value is -1.75. The molecule has 1 aliphatic rings. The first-order chi connectivity index (χ1) is 7.84. The standard InChI is InChI=1S/C11H11FN4/c12-9-3-1-8(2-4-9)11-15-14-7-16(11)10-5-13-6-10/h1-4,7,10,13H,5-6H2. The molecule has 3 rings (SSSR count). The van der Waals surface area contributed by atoms with Crippen molar-refractivity contribution in [2.75, 3.05) is 13.1 Å². The third-order valence-corrected chi connectivity index (χ3v) is 2.83. The minimum Gasteiger partial charge on any atom is -0.313 e. The minimum atomic E-state index is -0.236. The number of nitrogens with zero attached hydrogens (tertiary/aromatic N) is 3. The molecule has 0 radical (unpaired) electrons. The molecule has 1 aromatic heterocycles. The molecule has 2 heterocycles. The van der Waals surface area contributed by atoms with Crippen molar-refractivity contribution in [2.24, 2.45) is 0 Å². The molecule has 1 aromatic carbocycles. The number of halogens is 1. The average molecular weight is 218 g/mol. The van der Waals surface area contributed by atoms with Crippen molar-refractivity contribution >= 4 is 0 Å². The second kappa shape index (κ2) is 3.68. The molecule has 4 nitrogen and oxygen atoms in total. The van der Waals surface area contributed by atoms with Crippen LogP contribution in [0.2, 0.25) is 0 Å². The Morgan fingerprint density at radius 2 is 2.00 bits per heavy atom. The molecule has 0 saturated carbocycles. The van der Waals surface area contributed by atoms with Crippen LogP contribution in [-0.4, -0.2) is 27.9 Å². The van der Waals surface area contributed by atoms with Gasteiger partial charge >= 0.3 is 0 Å². The molecule has 0 bridgehead atoms. The molecule has 0 amide bonds. The second-order valence-electron chi connectivity index (χ2n) is 3.88. The molecule has 0 spiro atoms. The lowest BCUT2D eigenvalue weighted by molar-refractivity contribution is 0.345. The van der Waals surface area contributed by atoms with Crippen LogP contribution in [-0.2, 0) is 0 Å². The van der Waals surface area contributed by atoms with E-state index in [1.54, 1.807) is 18.5 Å². The van der Waals surface area contributed by atoms with Crippen molar-refractivity contribution in [3.63, 3.8) is 0 Å². The van der Waals surface area contributed by atoms with Gasteiger partial charge in [0, 0.05) is 18.7 Å². The van der Waals surface area contributed by atoms with Crippen molar-refractivity contribution in [1.82, 2.24) is 20.1 Å². The van der Waals surface area contributed by atoms with Gasteiger partial charge in [0.05, 0.1) is 6.04 Å². The van der Waals surface area contributed by atoms with Crippen LogP contribution in [0.25, 0.3) is 11.4 Å². The second-order valence-corrected chi connectivity index (χ2v) is 3.88. The zero-order valence-corrected chi connectivity index (χ0v) is 8.60. The molecule has 2 aromatic rings. The third-order valence-electron chi connectivity index (χ3n) is 2.83. The Morgan fingerprint density at radius 1 is 1.25 bits per heavy atom. The van der Waals surface area contributed by atoms with Gasteiger partial charge in [0.25, 0.3) is 0 Å². The summed E-state index contributed by atoms with van der Waals surface area (Å²) < 4.78 is 14.8. The van der Waals surface area contributed by atoms with Gasteiger partial charge in [-0.2, -0.15) is 0 Å². The molecular weight excluding hydrogens is 207 g/mol. The molecule has 0 unspecified atom stereocenters. The van der Waals surface area contributed by atoms with E-state index in [2.05, 4.69) is 15.5 Å². The van der Waals surface area contributed by atoms with Gasteiger partial charge in [0.15, 0.2) is 5.82 Å². The maximum Gasteiger partial charge on any atom is 0.164 e. The molecular formula is C11H11FN4. The summed E-state index contributed by atoms with van der Waals surface area (Å²) in [5, 5.41) is 11.2. The largest absolute Gasteiger partial charge is 0.313 e. The van der Waals surface area contributed by atoms with E-state index in [1.165, 1.54) is 12.1 Å². The Morgan fingerprint density at radius 3 is 2.62 bits per heavy atom. The van der Waals surface area contributed by atoms with Crippen molar-refractivity contribution in [1.29, 1.82) is 0 Å². The van der Waals surface area contributed by atoms with E-state index in [-0.39, 0.29) is 5.82 Å². The smallest absolute Gasteiger partial charge is 0.164 e. The van der Waals surface area contributed by atoms with Crippen molar-refractivity contribution in [3.8, 4) is 11.4 Å². The predicted octanol–water partition coefficient (Wildman–Crippen LogP) is 1.23. The van der Waals surface area contributed by atoms with Gasteiger partial charge in [0.1, 0.15) is 12.1 Å². The molecule has 5 heteroatoms. The molecule has 16 heavy (non-hydrogen) atoms. The highest BCUT2D eigenvalue weighted by atomic mass is 19.1. The first kappa shape index (κ1) is 9.47. The topological polar surface area (TPSA) is 42.7 Å². The highest BCUT2D eigenvalue weighted by molar-refractivity contribution is 5.54. The van der Waals surface area contributed by atoms with Gasteiger partial charge in [-0.15, -0.1) is 10.2 Å². The molecule has 0 atom stereocenters. The van der Waals surface area contributed by atoms with E-state index in [9.17, 15) is 4.39 Å². The predicted molar refractivity (Wildman–Crippen MR) is 57.3 cm³/mol. The minimum absolute atomic E-state index is 0.236. The Labute approximate surface area is 92.1 Å². The maximum atomic E-state index is 12.8. The van der Waals surface area contributed by atoms with Crippen LogP contribution in [0.5, 0.6) is 0 Å². The quantitative estimate of drug-likeness (QED) is 0.824. The summed E-state index contributed by atoms with van der Waals surface area (Å²) in [6.45, 7) is 1.87. The zero-order valence-electron chi connectivity index (χ0n) is 8.60. The van der Waals surface area contributed by atoms with Crippen LogP contribution in [0.1, 0.15) is 6.04 Å². The third kappa shape index (κ3) is 1.49. The lowest BCUT2D eigenvalue weighted by Gasteiger charge is -2.29.